The van der Waals surface area contributed by atoms with Crippen molar-refractivity contribution in [3.8, 4) is 5.75 Å². The largest absolute Gasteiger partial charge is 0.497 e. The Balaban J connectivity index is 0.00000320. The zero-order chi connectivity index (χ0) is 21.0. The maximum absolute atomic E-state index is 13.1. The zero-order valence-corrected chi connectivity index (χ0v) is 18.5. The molecule has 1 amide bonds. The third-order valence-electron chi connectivity index (χ3n) is 4.58. The molecule has 162 valence electrons. The highest BCUT2D eigenvalue weighted by Crippen LogP contribution is 2.32. The van der Waals surface area contributed by atoms with Crippen LogP contribution in [0.2, 0.25) is 0 Å². The monoisotopic (exact) mass is 454 g/mol. The van der Waals surface area contributed by atoms with Crippen molar-refractivity contribution in [2.24, 2.45) is 0 Å². The predicted octanol–water partition coefficient (Wildman–Crippen LogP) is 4.22. The van der Waals surface area contributed by atoms with E-state index in [9.17, 15) is 14.9 Å². The zero-order valence-electron chi connectivity index (χ0n) is 16.9. The molecule has 2 aromatic heterocycles. The molecule has 3 aromatic rings. The van der Waals surface area contributed by atoms with Gasteiger partial charge in [0, 0.05) is 13.1 Å². The molecule has 0 saturated heterocycles. The van der Waals surface area contributed by atoms with E-state index in [4.69, 9.17) is 9.15 Å². The van der Waals surface area contributed by atoms with Crippen molar-refractivity contribution in [2.75, 3.05) is 38.2 Å². The van der Waals surface area contributed by atoms with Crippen molar-refractivity contribution in [3.63, 3.8) is 0 Å². The van der Waals surface area contributed by atoms with E-state index in [2.05, 4.69) is 23.7 Å². The molecule has 30 heavy (non-hydrogen) atoms. The summed E-state index contributed by atoms with van der Waals surface area (Å²) in [6.45, 7) is 6.82. The van der Waals surface area contributed by atoms with Gasteiger partial charge in [0.1, 0.15) is 10.7 Å². The molecule has 0 spiro atoms. The molecule has 3 rings (SSSR count). The number of halogens is 1. The Morgan fingerprint density at radius 2 is 1.97 bits per heavy atom. The Bertz CT molecular complexity index is 1020. The number of thiazole rings is 1. The number of hydrogen-bond donors (Lipinski definition) is 0. The number of nitro groups is 1. The first-order chi connectivity index (χ1) is 14.0. The lowest BCUT2D eigenvalue weighted by atomic mass is 10.3. The minimum absolute atomic E-state index is 0. The van der Waals surface area contributed by atoms with Gasteiger partial charge in [0.05, 0.1) is 23.4 Å². The lowest BCUT2D eigenvalue weighted by Crippen LogP contribution is -2.38. The van der Waals surface area contributed by atoms with E-state index >= 15 is 0 Å². The van der Waals surface area contributed by atoms with Crippen LogP contribution < -0.4 is 9.64 Å². The summed E-state index contributed by atoms with van der Waals surface area (Å²) in [5.41, 5.74) is 0.747. The molecule has 0 N–H and O–H groups in total. The van der Waals surface area contributed by atoms with Gasteiger partial charge in [-0.1, -0.05) is 25.2 Å². The second-order valence-corrected chi connectivity index (χ2v) is 7.22. The van der Waals surface area contributed by atoms with Crippen LogP contribution in [0, 0.1) is 10.1 Å². The third-order valence-corrected chi connectivity index (χ3v) is 5.62. The second-order valence-electron chi connectivity index (χ2n) is 6.21. The van der Waals surface area contributed by atoms with Gasteiger partial charge in [0.2, 0.25) is 0 Å². The molecular weight excluding hydrogens is 432 g/mol. The van der Waals surface area contributed by atoms with Crippen LogP contribution in [-0.2, 0) is 0 Å². The van der Waals surface area contributed by atoms with E-state index in [1.54, 1.807) is 7.11 Å². The highest BCUT2D eigenvalue weighted by molar-refractivity contribution is 7.22. The fraction of sp³-hybridized carbons (Fsp3) is 0.368. The topological polar surface area (TPSA) is 102 Å². The summed E-state index contributed by atoms with van der Waals surface area (Å²) in [6.07, 6.45) is 0. The van der Waals surface area contributed by atoms with Crippen LogP contribution in [-0.4, -0.2) is 54.0 Å². The summed E-state index contributed by atoms with van der Waals surface area (Å²) >= 11 is 1.36. The first-order valence-corrected chi connectivity index (χ1v) is 10.0. The quantitative estimate of drug-likeness (QED) is 0.352. The van der Waals surface area contributed by atoms with Crippen LogP contribution in [0.25, 0.3) is 10.2 Å². The smallest absolute Gasteiger partial charge is 0.433 e. The number of nitrogens with zero attached hydrogens (tertiary/aromatic N) is 4. The van der Waals surface area contributed by atoms with Crippen LogP contribution in [0.5, 0.6) is 5.75 Å². The molecule has 0 fully saturated rings. The van der Waals surface area contributed by atoms with Crippen LogP contribution >= 0.6 is 23.7 Å². The van der Waals surface area contributed by atoms with E-state index in [0.29, 0.717) is 24.0 Å². The van der Waals surface area contributed by atoms with Crippen molar-refractivity contribution in [1.29, 1.82) is 0 Å². The van der Waals surface area contributed by atoms with Gasteiger partial charge in [-0.2, -0.15) is 0 Å². The number of anilines is 1. The number of fused-ring (bicyclic) bond motifs is 1. The first-order valence-electron chi connectivity index (χ1n) is 9.19. The molecule has 0 unspecified atom stereocenters. The van der Waals surface area contributed by atoms with Crippen molar-refractivity contribution >= 4 is 50.9 Å². The molecule has 0 bridgehead atoms. The number of benzene rings is 1. The minimum atomic E-state index is -0.666. The molecule has 0 aliphatic heterocycles. The van der Waals surface area contributed by atoms with Gasteiger partial charge in [-0.25, -0.2) is 4.98 Å². The molecule has 0 aliphatic carbocycles. The van der Waals surface area contributed by atoms with Crippen molar-refractivity contribution in [1.82, 2.24) is 9.88 Å². The number of methoxy groups -OCH3 is 1. The minimum Gasteiger partial charge on any atom is -0.497 e. The maximum Gasteiger partial charge on any atom is 0.433 e. The number of ether oxygens (including phenoxy) is 1. The van der Waals surface area contributed by atoms with E-state index in [0.717, 1.165) is 23.3 Å². The Morgan fingerprint density at radius 3 is 2.57 bits per heavy atom. The average Bonchev–Trinajstić information content (AvgIpc) is 3.37. The average molecular weight is 455 g/mol. The van der Waals surface area contributed by atoms with Crippen LogP contribution in [0.15, 0.2) is 34.7 Å². The van der Waals surface area contributed by atoms with Gasteiger partial charge in [0.25, 0.3) is 5.91 Å². The number of amides is 1. The van der Waals surface area contributed by atoms with E-state index in [1.165, 1.54) is 28.4 Å². The summed E-state index contributed by atoms with van der Waals surface area (Å²) in [4.78, 5) is 31.6. The van der Waals surface area contributed by atoms with Gasteiger partial charge in [-0.3, -0.25) is 19.8 Å². The fourth-order valence-electron chi connectivity index (χ4n) is 2.87. The Morgan fingerprint density at radius 1 is 1.23 bits per heavy atom. The SMILES string of the molecule is CCN(CC)CCN(C(=O)c1ccc([N+](=O)[O-])o1)c1nc2ccc(OC)cc2s1.Cl. The summed E-state index contributed by atoms with van der Waals surface area (Å²) in [7, 11) is 1.59. The van der Waals surface area contributed by atoms with Crippen LogP contribution in [0.4, 0.5) is 11.0 Å². The van der Waals surface area contributed by atoms with Gasteiger partial charge >= 0.3 is 5.88 Å². The molecule has 0 saturated carbocycles. The van der Waals surface area contributed by atoms with Gasteiger partial charge < -0.3 is 14.1 Å². The Labute approximate surface area is 183 Å². The Kier molecular flexibility index (Phi) is 8.16. The number of furan rings is 1. The number of hydrogen-bond acceptors (Lipinski definition) is 8. The number of rotatable bonds is 9. The maximum atomic E-state index is 13.1. The normalized spacial score (nSPS) is 10.8. The third kappa shape index (κ3) is 5.07. The Hall–Kier alpha value is -2.69. The lowest BCUT2D eigenvalue weighted by molar-refractivity contribution is -0.402. The first kappa shape index (κ1) is 23.6. The highest BCUT2D eigenvalue weighted by atomic mass is 35.5. The van der Waals surface area contributed by atoms with Crippen molar-refractivity contribution in [2.45, 2.75) is 13.8 Å². The van der Waals surface area contributed by atoms with Gasteiger partial charge in [-0.15, -0.1) is 12.4 Å². The fourth-order valence-corrected chi connectivity index (χ4v) is 3.89. The van der Waals surface area contributed by atoms with Gasteiger partial charge in [0.15, 0.2) is 10.9 Å². The molecule has 0 atom stereocenters. The summed E-state index contributed by atoms with van der Waals surface area (Å²) in [5.74, 6) is -0.314. The molecule has 0 radical (unpaired) electrons. The number of aromatic nitrogens is 1. The highest BCUT2D eigenvalue weighted by Gasteiger charge is 2.26. The lowest BCUT2D eigenvalue weighted by Gasteiger charge is -2.23. The predicted molar refractivity (Wildman–Crippen MR) is 118 cm³/mol. The van der Waals surface area contributed by atoms with Crippen LogP contribution in [0.1, 0.15) is 24.4 Å². The molecule has 11 heteroatoms. The second kappa shape index (κ2) is 10.4. The molecule has 2 heterocycles. The van der Waals surface area contributed by atoms with E-state index in [1.807, 2.05) is 18.2 Å². The van der Waals surface area contributed by atoms with Crippen molar-refractivity contribution in [3.05, 3.63) is 46.2 Å². The number of carbonyl (C=O) groups is 1. The molecule has 0 aliphatic rings. The van der Waals surface area contributed by atoms with Gasteiger partial charge in [-0.05, 0) is 37.4 Å². The van der Waals surface area contributed by atoms with Crippen LogP contribution in [0.3, 0.4) is 0 Å². The molecular formula is C19H23ClN4O5S. The summed E-state index contributed by atoms with van der Waals surface area (Å²) in [6, 6.07) is 8.00. The summed E-state index contributed by atoms with van der Waals surface area (Å²) in [5, 5.41) is 11.4. The number of likely N-dealkylation sites (N-methyl/N-ethyl adjacent to an activating group) is 1. The van der Waals surface area contributed by atoms with E-state index in [-0.39, 0.29) is 18.2 Å². The molecule has 1 aromatic carbocycles. The number of carbonyl (C=O) groups excluding carboxylic acids is 1. The van der Waals surface area contributed by atoms with Crippen molar-refractivity contribution < 1.29 is 18.9 Å². The standard InChI is InChI=1S/C19H22N4O5S.ClH/c1-4-21(5-2)10-11-22(18(24)15-8-9-17(28-15)23(25)26)19-20-14-7-6-13(27-3)12-16(14)29-19;/h6-9,12H,4-5,10-11H2,1-3H3;1H. The van der Waals surface area contributed by atoms with E-state index < -0.39 is 16.7 Å². The molecule has 9 nitrogen and oxygen atoms in total. The summed E-state index contributed by atoms with van der Waals surface area (Å²) < 4.78 is 11.3.